The fourth-order valence-electron chi connectivity index (χ4n) is 2.45. The maximum atomic E-state index is 6.43. The Morgan fingerprint density at radius 3 is 2.41 bits per heavy atom. The third kappa shape index (κ3) is 2.25. The number of halogens is 1. The van der Waals surface area contributed by atoms with Crippen molar-refractivity contribution in [3.8, 4) is 5.75 Å². The van der Waals surface area contributed by atoms with Crippen LogP contribution in [0.15, 0.2) is 42.5 Å². The molecule has 2 aromatic carbocycles. The van der Waals surface area contributed by atoms with E-state index in [1.807, 2.05) is 18.2 Å². The minimum Gasteiger partial charge on any atom is -0.472 e. The molecule has 2 aromatic rings. The Labute approximate surface area is 106 Å². The number of hydrogen-bond donors (Lipinski definition) is 0. The summed E-state index contributed by atoms with van der Waals surface area (Å²) in [6.45, 7) is 0. The van der Waals surface area contributed by atoms with E-state index < -0.39 is 5.06 Å². The van der Waals surface area contributed by atoms with Crippen LogP contribution in [-0.4, -0.2) is 5.06 Å². The maximum absolute atomic E-state index is 6.43. The van der Waals surface area contributed by atoms with Gasteiger partial charge < -0.3 is 4.74 Å². The van der Waals surface area contributed by atoms with Gasteiger partial charge in [0, 0.05) is 12.8 Å². The molecular formula is C15H15ClO. The van der Waals surface area contributed by atoms with E-state index in [9.17, 15) is 0 Å². The Morgan fingerprint density at radius 2 is 1.65 bits per heavy atom. The Hall–Kier alpha value is -1.21. The average Bonchev–Trinajstić information content (AvgIpc) is 2.76. The lowest BCUT2D eigenvalue weighted by molar-refractivity contribution is 0.165. The first-order valence-corrected chi connectivity index (χ1v) is 6.50. The van der Waals surface area contributed by atoms with E-state index in [4.69, 9.17) is 16.3 Å². The van der Waals surface area contributed by atoms with Gasteiger partial charge in [-0.3, -0.25) is 0 Å². The van der Waals surface area contributed by atoms with Crippen molar-refractivity contribution in [1.29, 1.82) is 0 Å². The van der Waals surface area contributed by atoms with Crippen LogP contribution >= 0.6 is 11.6 Å². The van der Waals surface area contributed by atoms with Gasteiger partial charge in [-0.15, -0.1) is 0 Å². The van der Waals surface area contributed by atoms with Crippen LogP contribution in [0.1, 0.15) is 25.7 Å². The van der Waals surface area contributed by atoms with E-state index in [1.54, 1.807) is 0 Å². The summed E-state index contributed by atoms with van der Waals surface area (Å²) in [4.78, 5) is 0. The summed E-state index contributed by atoms with van der Waals surface area (Å²) in [5.74, 6) is 0.876. The summed E-state index contributed by atoms with van der Waals surface area (Å²) in [5.41, 5.74) is 0. The van der Waals surface area contributed by atoms with Crippen LogP contribution in [0, 0.1) is 0 Å². The molecule has 0 unspecified atom stereocenters. The second kappa shape index (κ2) is 4.23. The number of hydrogen-bond acceptors (Lipinski definition) is 1. The quantitative estimate of drug-likeness (QED) is 0.697. The molecule has 88 valence electrons. The summed E-state index contributed by atoms with van der Waals surface area (Å²) < 4.78 is 5.94. The SMILES string of the molecule is ClC1(Oc2ccc3ccccc3c2)CCCC1. The van der Waals surface area contributed by atoms with E-state index in [0.717, 1.165) is 31.4 Å². The molecule has 0 N–H and O–H groups in total. The molecular weight excluding hydrogens is 232 g/mol. The standard InChI is InChI=1S/C15H15ClO/c16-15(9-3-4-10-15)17-14-8-7-12-5-1-2-6-13(12)11-14/h1-2,5-8,11H,3-4,9-10H2. The Kier molecular flexibility index (Phi) is 2.71. The molecule has 0 heterocycles. The van der Waals surface area contributed by atoms with Gasteiger partial charge in [0.1, 0.15) is 5.75 Å². The largest absolute Gasteiger partial charge is 0.472 e. The molecule has 0 bridgehead atoms. The van der Waals surface area contributed by atoms with E-state index in [0.29, 0.717) is 0 Å². The molecule has 0 atom stereocenters. The van der Waals surface area contributed by atoms with Gasteiger partial charge in [-0.05, 0) is 35.7 Å². The zero-order chi connectivity index (χ0) is 11.7. The molecule has 1 fully saturated rings. The third-order valence-corrected chi connectivity index (χ3v) is 3.83. The molecule has 1 aliphatic rings. The number of alkyl halides is 1. The monoisotopic (exact) mass is 246 g/mol. The summed E-state index contributed by atoms with van der Waals surface area (Å²) in [7, 11) is 0. The first-order valence-electron chi connectivity index (χ1n) is 6.12. The predicted molar refractivity (Wildman–Crippen MR) is 71.6 cm³/mol. The molecule has 1 aliphatic carbocycles. The topological polar surface area (TPSA) is 9.23 Å². The van der Waals surface area contributed by atoms with Gasteiger partial charge >= 0.3 is 0 Å². The number of fused-ring (bicyclic) bond motifs is 1. The summed E-state index contributed by atoms with van der Waals surface area (Å²) in [5, 5.41) is 1.96. The van der Waals surface area contributed by atoms with Crippen LogP contribution in [0.5, 0.6) is 5.75 Å². The lowest BCUT2D eigenvalue weighted by Gasteiger charge is -2.23. The highest BCUT2D eigenvalue weighted by Crippen LogP contribution is 2.38. The fraction of sp³-hybridized carbons (Fsp3) is 0.333. The molecule has 3 rings (SSSR count). The number of benzene rings is 2. The summed E-state index contributed by atoms with van der Waals surface area (Å²) in [6, 6.07) is 14.4. The van der Waals surface area contributed by atoms with Crippen LogP contribution in [0.3, 0.4) is 0 Å². The Morgan fingerprint density at radius 1 is 0.941 bits per heavy atom. The molecule has 0 amide bonds. The molecule has 0 aliphatic heterocycles. The maximum Gasteiger partial charge on any atom is 0.182 e. The van der Waals surface area contributed by atoms with Crippen molar-refractivity contribution < 1.29 is 4.74 Å². The zero-order valence-corrected chi connectivity index (χ0v) is 10.4. The van der Waals surface area contributed by atoms with E-state index >= 15 is 0 Å². The number of rotatable bonds is 2. The van der Waals surface area contributed by atoms with Crippen molar-refractivity contribution in [1.82, 2.24) is 0 Å². The minimum atomic E-state index is -0.470. The van der Waals surface area contributed by atoms with E-state index in [-0.39, 0.29) is 0 Å². The van der Waals surface area contributed by atoms with Crippen LogP contribution in [-0.2, 0) is 0 Å². The first kappa shape index (κ1) is 10.9. The molecule has 0 radical (unpaired) electrons. The smallest absolute Gasteiger partial charge is 0.182 e. The number of ether oxygens (including phenoxy) is 1. The normalized spacial score (nSPS) is 18.4. The molecule has 1 nitrogen and oxygen atoms in total. The Balaban J connectivity index is 1.90. The molecule has 0 saturated heterocycles. The van der Waals surface area contributed by atoms with Gasteiger partial charge in [-0.1, -0.05) is 41.9 Å². The van der Waals surface area contributed by atoms with Crippen molar-refractivity contribution >= 4 is 22.4 Å². The predicted octanol–water partition coefficient (Wildman–Crippen LogP) is 4.73. The van der Waals surface area contributed by atoms with Gasteiger partial charge in [-0.25, -0.2) is 0 Å². The van der Waals surface area contributed by atoms with Gasteiger partial charge in [0.25, 0.3) is 0 Å². The second-order valence-electron chi connectivity index (χ2n) is 4.70. The van der Waals surface area contributed by atoms with Gasteiger partial charge in [0.2, 0.25) is 0 Å². The molecule has 0 spiro atoms. The highest BCUT2D eigenvalue weighted by Gasteiger charge is 2.33. The molecule has 0 aromatic heterocycles. The van der Waals surface area contributed by atoms with Crippen molar-refractivity contribution in [2.75, 3.05) is 0 Å². The van der Waals surface area contributed by atoms with Crippen LogP contribution in [0.4, 0.5) is 0 Å². The van der Waals surface area contributed by atoms with E-state index in [2.05, 4.69) is 24.3 Å². The van der Waals surface area contributed by atoms with Gasteiger partial charge in [0.15, 0.2) is 5.06 Å². The lowest BCUT2D eigenvalue weighted by Crippen LogP contribution is -2.24. The van der Waals surface area contributed by atoms with Gasteiger partial charge in [-0.2, -0.15) is 0 Å². The van der Waals surface area contributed by atoms with Crippen molar-refractivity contribution in [3.05, 3.63) is 42.5 Å². The fourth-order valence-corrected chi connectivity index (χ4v) is 2.80. The van der Waals surface area contributed by atoms with Crippen LogP contribution in [0.2, 0.25) is 0 Å². The van der Waals surface area contributed by atoms with Crippen molar-refractivity contribution in [2.24, 2.45) is 0 Å². The van der Waals surface area contributed by atoms with E-state index in [1.165, 1.54) is 10.8 Å². The molecule has 1 saturated carbocycles. The Bertz CT molecular complexity index is 529. The van der Waals surface area contributed by atoms with Crippen molar-refractivity contribution in [3.63, 3.8) is 0 Å². The summed E-state index contributed by atoms with van der Waals surface area (Å²) in [6.07, 6.45) is 4.22. The molecule has 17 heavy (non-hydrogen) atoms. The average molecular weight is 247 g/mol. The third-order valence-electron chi connectivity index (χ3n) is 3.37. The van der Waals surface area contributed by atoms with Crippen LogP contribution < -0.4 is 4.74 Å². The zero-order valence-electron chi connectivity index (χ0n) is 9.66. The highest BCUT2D eigenvalue weighted by atomic mass is 35.5. The first-order chi connectivity index (χ1) is 8.25. The second-order valence-corrected chi connectivity index (χ2v) is 5.39. The molecule has 2 heteroatoms. The highest BCUT2D eigenvalue weighted by molar-refractivity contribution is 6.23. The minimum absolute atomic E-state index is 0.470. The van der Waals surface area contributed by atoms with Crippen LogP contribution in [0.25, 0.3) is 10.8 Å². The lowest BCUT2D eigenvalue weighted by atomic mass is 10.1. The summed E-state index contributed by atoms with van der Waals surface area (Å²) >= 11 is 6.43. The van der Waals surface area contributed by atoms with Gasteiger partial charge in [0.05, 0.1) is 0 Å². The van der Waals surface area contributed by atoms with Crippen molar-refractivity contribution in [2.45, 2.75) is 30.7 Å².